The number of hydrogen-bond acceptors (Lipinski definition) is 4. The molecule has 2 heterocycles. The number of nitrogens with zero attached hydrogens (tertiary/aromatic N) is 2. The number of hydrogen-bond donors (Lipinski definition) is 1. The first kappa shape index (κ1) is 18.2. The zero-order valence-corrected chi connectivity index (χ0v) is 15.9. The van der Waals surface area contributed by atoms with Gasteiger partial charge in [-0.25, -0.2) is 0 Å². The average Bonchev–Trinajstić information content (AvgIpc) is 3.05. The van der Waals surface area contributed by atoms with E-state index in [1.54, 1.807) is 7.11 Å². The first-order valence-electron chi connectivity index (χ1n) is 9.47. The maximum Gasteiger partial charge on any atom is 0.272 e. The van der Waals surface area contributed by atoms with Crippen LogP contribution in [0.4, 0.5) is 0 Å². The number of carbonyl (C=O) groups is 2. The van der Waals surface area contributed by atoms with Crippen molar-refractivity contribution in [1.29, 1.82) is 0 Å². The van der Waals surface area contributed by atoms with Crippen LogP contribution in [-0.4, -0.2) is 48.3 Å². The number of carbonyl (C=O) groups excluding carboxylic acids is 2. The third-order valence-electron chi connectivity index (χ3n) is 5.39. The van der Waals surface area contributed by atoms with Crippen LogP contribution in [0.3, 0.4) is 0 Å². The van der Waals surface area contributed by atoms with Gasteiger partial charge in [-0.3, -0.25) is 14.6 Å². The molecule has 0 radical (unpaired) electrons. The van der Waals surface area contributed by atoms with Gasteiger partial charge in [-0.05, 0) is 17.7 Å². The molecule has 1 N–H and O–H groups in total. The summed E-state index contributed by atoms with van der Waals surface area (Å²) in [4.78, 5) is 31.7. The van der Waals surface area contributed by atoms with Crippen LogP contribution in [0.2, 0.25) is 0 Å². The van der Waals surface area contributed by atoms with Crippen LogP contribution in [0.15, 0.2) is 59.6 Å². The lowest BCUT2D eigenvalue weighted by Crippen LogP contribution is -2.52. The minimum atomic E-state index is -0.584. The van der Waals surface area contributed by atoms with E-state index in [0.717, 1.165) is 16.9 Å². The van der Waals surface area contributed by atoms with Gasteiger partial charge < -0.3 is 15.0 Å². The fourth-order valence-electron chi connectivity index (χ4n) is 3.75. The Morgan fingerprint density at radius 1 is 1.11 bits per heavy atom. The molecule has 2 aromatic carbocycles. The molecule has 0 atom stereocenters. The van der Waals surface area contributed by atoms with Gasteiger partial charge in [0.15, 0.2) is 0 Å². The number of nitrogens with one attached hydrogen (secondary N) is 1. The topological polar surface area (TPSA) is 71.0 Å². The normalized spacial score (nSPS) is 18.0. The molecule has 28 heavy (non-hydrogen) atoms. The Balaban J connectivity index is 1.39. The molecule has 144 valence electrons. The van der Waals surface area contributed by atoms with Gasteiger partial charge in [0.1, 0.15) is 17.1 Å². The molecule has 1 saturated heterocycles. The quantitative estimate of drug-likeness (QED) is 0.888. The van der Waals surface area contributed by atoms with Gasteiger partial charge in [0, 0.05) is 31.5 Å². The molecule has 0 aromatic heterocycles. The van der Waals surface area contributed by atoms with Crippen LogP contribution in [0.1, 0.15) is 24.0 Å². The van der Waals surface area contributed by atoms with Crippen LogP contribution in [-0.2, 0) is 16.0 Å². The highest BCUT2D eigenvalue weighted by Gasteiger charge is 2.42. The standard InChI is InChI=1S/C22H23N3O3/c1-28-18-9-7-16(8-10-18)15-19(26)25-13-11-22(12-14-25)23-20(21(27)24-22)17-5-3-2-4-6-17/h2-10H,11-15H2,1H3,(H,24,27). The Morgan fingerprint density at radius 2 is 1.79 bits per heavy atom. The Kier molecular flexibility index (Phi) is 4.86. The van der Waals surface area contributed by atoms with Crippen LogP contribution in [0, 0.1) is 0 Å². The molecule has 2 aliphatic rings. The van der Waals surface area contributed by atoms with E-state index in [9.17, 15) is 9.59 Å². The summed E-state index contributed by atoms with van der Waals surface area (Å²) in [5.74, 6) is 0.737. The molecular formula is C22H23N3O3. The van der Waals surface area contributed by atoms with E-state index < -0.39 is 5.66 Å². The molecule has 4 rings (SSSR count). The van der Waals surface area contributed by atoms with Crippen molar-refractivity contribution in [2.24, 2.45) is 4.99 Å². The molecule has 1 fully saturated rings. The summed E-state index contributed by atoms with van der Waals surface area (Å²) in [6.07, 6.45) is 1.62. The lowest BCUT2D eigenvalue weighted by atomic mass is 9.97. The maximum absolute atomic E-state index is 12.6. The minimum absolute atomic E-state index is 0.0941. The van der Waals surface area contributed by atoms with E-state index >= 15 is 0 Å². The Hall–Kier alpha value is -3.15. The van der Waals surface area contributed by atoms with Crippen molar-refractivity contribution in [3.8, 4) is 5.75 Å². The molecule has 0 unspecified atom stereocenters. The molecule has 2 aromatic rings. The number of methoxy groups -OCH3 is 1. The van der Waals surface area contributed by atoms with E-state index in [4.69, 9.17) is 9.73 Å². The predicted molar refractivity (Wildman–Crippen MR) is 106 cm³/mol. The highest BCUT2D eigenvalue weighted by Crippen LogP contribution is 2.29. The summed E-state index contributed by atoms with van der Waals surface area (Å²) in [6.45, 7) is 1.17. The third kappa shape index (κ3) is 3.63. The van der Waals surface area contributed by atoms with E-state index in [2.05, 4.69) is 5.32 Å². The van der Waals surface area contributed by atoms with Gasteiger partial charge in [0.2, 0.25) is 5.91 Å². The van der Waals surface area contributed by atoms with Gasteiger partial charge in [-0.2, -0.15) is 0 Å². The molecular weight excluding hydrogens is 354 g/mol. The van der Waals surface area contributed by atoms with Crippen molar-refractivity contribution in [2.45, 2.75) is 24.9 Å². The van der Waals surface area contributed by atoms with Crippen molar-refractivity contribution < 1.29 is 14.3 Å². The lowest BCUT2D eigenvalue weighted by Gasteiger charge is -2.37. The molecule has 0 saturated carbocycles. The zero-order valence-electron chi connectivity index (χ0n) is 15.9. The number of ether oxygens (including phenoxy) is 1. The van der Waals surface area contributed by atoms with Gasteiger partial charge in [0.05, 0.1) is 13.5 Å². The second-order valence-electron chi connectivity index (χ2n) is 7.22. The van der Waals surface area contributed by atoms with Crippen LogP contribution >= 0.6 is 0 Å². The van der Waals surface area contributed by atoms with Gasteiger partial charge in [-0.1, -0.05) is 42.5 Å². The average molecular weight is 377 g/mol. The second-order valence-corrected chi connectivity index (χ2v) is 7.22. The first-order valence-corrected chi connectivity index (χ1v) is 9.47. The van der Waals surface area contributed by atoms with Gasteiger partial charge >= 0.3 is 0 Å². The van der Waals surface area contributed by atoms with E-state index in [1.807, 2.05) is 59.5 Å². The second kappa shape index (κ2) is 7.46. The summed E-state index contributed by atoms with van der Waals surface area (Å²) in [7, 11) is 1.62. The highest BCUT2D eigenvalue weighted by atomic mass is 16.5. The zero-order chi connectivity index (χ0) is 19.6. The molecule has 6 nitrogen and oxygen atoms in total. The van der Waals surface area contributed by atoms with Crippen molar-refractivity contribution in [3.05, 3.63) is 65.7 Å². The number of benzene rings is 2. The summed E-state index contributed by atoms with van der Waals surface area (Å²) >= 11 is 0. The SMILES string of the molecule is COc1ccc(CC(=O)N2CCC3(CC2)N=C(c2ccccc2)C(=O)N3)cc1. The van der Waals surface area contributed by atoms with Crippen molar-refractivity contribution in [1.82, 2.24) is 10.2 Å². The van der Waals surface area contributed by atoms with E-state index in [-0.39, 0.29) is 11.8 Å². The molecule has 2 aliphatic heterocycles. The fourth-order valence-corrected chi connectivity index (χ4v) is 3.75. The molecule has 0 bridgehead atoms. The monoisotopic (exact) mass is 377 g/mol. The number of likely N-dealkylation sites (tertiary alicyclic amines) is 1. The lowest BCUT2D eigenvalue weighted by molar-refractivity contribution is -0.132. The minimum Gasteiger partial charge on any atom is -0.497 e. The van der Waals surface area contributed by atoms with Gasteiger partial charge in [-0.15, -0.1) is 0 Å². The Labute approximate surface area is 164 Å². The van der Waals surface area contributed by atoms with E-state index in [1.165, 1.54) is 0 Å². The molecule has 0 aliphatic carbocycles. The summed E-state index contributed by atoms with van der Waals surface area (Å²) in [6, 6.07) is 17.1. The number of piperidine rings is 1. The van der Waals surface area contributed by atoms with Gasteiger partial charge in [0.25, 0.3) is 5.91 Å². The van der Waals surface area contributed by atoms with Crippen LogP contribution in [0.25, 0.3) is 0 Å². The summed E-state index contributed by atoms with van der Waals surface area (Å²) in [5, 5.41) is 3.05. The van der Waals surface area contributed by atoms with Crippen molar-refractivity contribution in [3.63, 3.8) is 0 Å². The fraction of sp³-hybridized carbons (Fsp3) is 0.318. The molecule has 1 spiro atoms. The van der Waals surface area contributed by atoms with Crippen molar-refractivity contribution >= 4 is 17.5 Å². The van der Waals surface area contributed by atoms with Crippen molar-refractivity contribution in [2.75, 3.05) is 20.2 Å². The van der Waals surface area contributed by atoms with Crippen LogP contribution in [0.5, 0.6) is 5.75 Å². The number of aliphatic imine (C=N–C) groups is 1. The third-order valence-corrected chi connectivity index (χ3v) is 5.39. The largest absolute Gasteiger partial charge is 0.497 e. The summed E-state index contributed by atoms with van der Waals surface area (Å²) in [5.41, 5.74) is 1.69. The Bertz CT molecular complexity index is 898. The number of amides is 2. The highest BCUT2D eigenvalue weighted by molar-refractivity contribution is 6.46. The van der Waals surface area contributed by atoms with E-state index in [0.29, 0.717) is 38.1 Å². The molecule has 2 amide bonds. The smallest absolute Gasteiger partial charge is 0.272 e. The summed E-state index contributed by atoms with van der Waals surface area (Å²) < 4.78 is 5.15. The molecule has 6 heteroatoms. The number of rotatable bonds is 4. The predicted octanol–water partition coefficient (Wildman–Crippen LogP) is 2.18. The van der Waals surface area contributed by atoms with Crippen LogP contribution < -0.4 is 10.1 Å². The Morgan fingerprint density at radius 3 is 2.43 bits per heavy atom. The first-order chi connectivity index (χ1) is 13.6. The maximum atomic E-state index is 12.6.